The average molecular weight is 434 g/mol. The van der Waals surface area contributed by atoms with Crippen LogP contribution in [0.5, 0.6) is 5.75 Å². The van der Waals surface area contributed by atoms with Crippen molar-refractivity contribution in [1.29, 1.82) is 0 Å². The summed E-state index contributed by atoms with van der Waals surface area (Å²) in [5, 5.41) is 6.76. The first kappa shape index (κ1) is 23.8. The van der Waals surface area contributed by atoms with Gasteiger partial charge in [0, 0.05) is 64.7 Å². The van der Waals surface area contributed by atoms with Gasteiger partial charge in [0.2, 0.25) is 0 Å². The topological polar surface area (TPSA) is 73.3 Å². The maximum absolute atomic E-state index is 6.14. The fourth-order valence-electron chi connectivity index (χ4n) is 3.81. The normalized spacial score (nSPS) is 20.1. The summed E-state index contributed by atoms with van der Waals surface area (Å²) in [6, 6.07) is 6.35. The largest absolute Gasteiger partial charge is 0.493 e. The van der Waals surface area contributed by atoms with E-state index in [9.17, 15) is 0 Å². The maximum atomic E-state index is 6.14. The molecule has 2 N–H and O–H groups in total. The van der Waals surface area contributed by atoms with Gasteiger partial charge in [0.15, 0.2) is 5.96 Å². The molecule has 7 heteroatoms. The zero-order chi connectivity index (χ0) is 21.7. The van der Waals surface area contributed by atoms with Gasteiger partial charge < -0.3 is 29.6 Å². The summed E-state index contributed by atoms with van der Waals surface area (Å²) in [4.78, 5) is 4.33. The molecule has 0 amide bonds. The van der Waals surface area contributed by atoms with Crippen molar-refractivity contribution in [3.05, 3.63) is 29.3 Å². The Bertz CT molecular complexity index is 671. The van der Waals surface area contributed by atoms with Crippen molar-refractivity contribution in [2.75, 3.05) is 59.8 Å². The van der Waals surface area contributed by atoms with Gasteiger partial charge in [0.25, 0.3) is 0 Å². The van der Waals surface area contributed by atoms with Crippen LogP contribution in [0.4, 0.5) is 0 Å². The maximum Gasteiger partial charge on any atom is 0.191 e. The first-order chi connectivity index (χ1) is 15.2. The van der Waals surface area contributed by atoms with Gasteiger partial charge in [0.1, 0.15) is 5.75 Å². The van der Waals surface area contributed by atoms with Crippen LogP contribution in [0.1, 0.15) is 36.8 Å². The van der Waals surface area contributed by atoms with Crippen LogP contribution in [0.15, 0.2) is 23.2 Å². The summed E-state index contributed by atoms with van der Waals surface area (Å²) in [5.74, 6) is 2.88. The minimum absolute atomic E-state index is 0.490. The molecule has 2 fully saturated rings. The van der Waals surface area contributed by atoms with E-state index in [4.69, 9.17) is 18.9 Å². The average Bonchev–Trinajstić information content (AvgIpc) is 3.32. The number of benzene rings is 1. The van der Waals surface area contributed by atoms with Crippen LogP contribution in [-0.2, 0) is 20.8 Å². The van der Waals surface area contributed by atoms with Crippen LogP contribution in [0.3, 0.4) is 0 Å². The van der Waals surface area contributed by atoms with Crippen molar-refractivity contribution in [2.24, 2.45) is 16.8 Å². The minimum Gasteiger partial charge on any atom is -0.493 e. The Balaban J connectivity index is 1.34. The molecule has 2 aliphatic heterocycles. The molecule has 1 aromatic rings. The summed E-state index contributed by atoms with van der Waals surface area (Å²) in [6.45, 7) is 9.30. The lowest BCUT2D eigenvalue weighted by Crippen LogP contribution is -2.37. The molecule has 1 atom stereocenters. The van der Waals surface area contributed by atoms with Crippen LogP contribution >= 0.6 is 0 Å². The molecule has 0 spiro atoms. The van der Waals surface area contributed by atoms with E-state index in [-0.39, 0.29) is 0 Å². The van der Waals surface area contributed by atoms with Crippen LogP contribution < -0.4 is 15.4 Å². The van der Waals surface area contributed by atoms with Gasteiger partial charge >= 0.3 is 0 Å². The van der Waals surface area contributed by atoms with Gasteiger partial charge in [-0.25, -0.2) is 0 Å². The fourth-order valence-corrected chi connectivity index (χ4v) is 3.81. The third kappa shape index (κ3) is 8.67. The second-order valence-electron chi connectivity index (χ2n) is 8.49. The van der Waals surface area contributed by atoms with E-state index in [1.54, 1.807) is 7.05 Å². The van der Waals surface area contributed by atoms with Gasteiger partial charge in [0.05, 0.1) is 13.2 Å². The lowest BCUT2D eigenvalue weighted by Gasteiger charge is -2.21. The number of nitrogens with one attached hydrogen (secondary N) is 2. The minimum atomic E-state index is 0.490. The molecular formula is C24H39N3O4. The molecule has 2 heterocycles. The summed E-state index contributed by atoms with van der Waals surface area (Å²) in [7, 11) is 1.80. The summed E-state index contributed by atoms with van der Waals surface area (Å²) < 4.78 is 22.8. The second-order valence-corrected chi connectivity index (χ2v) is 8.49. The molecule has 0 radical (unpaired) electrons. The van der Waals surface area contributed by atoms with E-state index in [0.29, 0.717) is 25.0 Å². The molecule has 1 aromatic carbocycles. The molecule has 0 saturated carbocycles. The quantitative estimate of drug-likeness (QED) is 0.318. The number of nitrogens with zero attached hydrogens (tertiary/aromatic N) is 1. The molecule has 0 aliphatic carbocycles. The van der Waals surface area contributed by atoms with Crippen molar-refractivity contribution < 1.29 is 18.9 Å². The predicted molar refractivity (Wildman–Crippen MR) is 123 cm³/mol. The summed E-state index contributed by atoms with van der Waals surface area (Å²) in [6.07, 6.45) is 4.27. The van der Waals surface area contributed by atoms with Crippen molar-refractivity contribution in [2.45, 2.75) is 39.2 Å². The van der Waals surface area contributed by atoms with Crippen molar-refractivity contribution in [3.8, 4) is 5.75 Å². The van der Waals surface area contributed by atoms with Crippen LogP contribution in [0.25, 0.3) is 0 Å². The van der Waals surface area contributed by atoms with E-state index >= 15 is 0 Å². The molecule has 31 heavy (non-hydrogen) atoms. The van der Waals surface area contributed by atoms with Crippen LogP contribution in [0.2, 0.25) is 0 Å². The van der Waals surface area contributed by atoms with Gasteiger partial charge in [-0.05, 0) is 50.2 Å². The molecule has 0 aromatic heterocycles. The Kier molecular flexibility index (Phi) is 10.4. The third-order valence-corrected chi connectivity index (χ3v) is 5.84. The van der Waals surface area contributed by atoms with E-state index in [1.165, 1.54) is 5.56 Å². The first-order valence-corrected chi connectivity index (χ1v) is 11.6. The number of aryl methyl sites for hydroxylation is 1. The van der Waals surface area contributed by atoms with E-state index in [1.807, 2.05) is 0 Å². The second kappa shape index (κ2) is 13.6. The Labute approximate surface area is 186 Å². The van der Waals surface area contributed by atoms with Gasteiger partial charge in [-0.2, -0.15) is 0 Å². The fraction of sp³-hybridized carbons (Fsp3) is 0.708. The van der Waals surface area contributed by atoms with Crippen molar-refractivity contribution >= 4 is 5.96 Å². The van der Waals surface area contributed by atoms with E-state index in [2.05, 4.69) is 40.7 Å². The number of hydrogen-bond donors (Lipinski definition) is 2. The molecule has 7 nitrogen and oxygen atoms in total. The SMILES string of the molecule is CN=C(NCCCOCC1CCOCC1)NCc1ccc(C)cc1OCC1CCOC1. The number of hydrogen-bond acceptors (Lipinski definition) is 5. The van der Waals surface area contributed by atoms with E-state index in [0.717, 1.165) is 89.1 Å². The Morgan fingerprint density at radius 1 is 1.06 bits per heavy atom. The molecular weight excluding hydrogens is 394 g/mol. The highest BCUT2D eigenvalue weighted by atomic mass is 16.5. The third-order valence-electron chi connectivity index (χ3n) is 5.84. The number of rotatable bonds is 11. The smallest absolute Gasteiger partial charge is 0.191 e. The lowest BCUT2D eigenvalue weighted by atomic mass is 10.0. The number of aliphatic imine (C=N–C) groups is 1. The number of ether oxygens (including phenoxy) is 4. The zero-order valence-electron chi connectivity index (χ0n) is 19.2. The Hall–Kier alpha value is -1.83. The summed E-state index contributed by atoms with van der Waals surface area (Å²) in [5.41, 5.74) is 2.33. The molecule has 3 rings (SSSR count). The van der Waals surface area contributed by atoms with Gasteiger partial charge in [-0.3, -0.25) is 4.99 Å². The molecule has 2 aliphatic rings. The van der Waals surface area contributed by atoms with E-state index < -0.39 is 0 Å². The van der Waals surface area contributed by atoms with Crippen LogP contribution in [-0.4, -0.2) is 65.8 Å². The predicted octanol–water partition coefficient (Wildman–Crippen LogP) is 2.91. The molecule has 1 unspecified atom stereocenters. The molecule has 174 valence electrons. The summed E-state index contributed by atoms with van der Waals surface area (Å²) >= 11 is 0. The van der Waals surface area contributed by atoms with Crippen LogP contribution in [0, 0.1) is 18.8 Å². The van der Waals surface area contributed by atoms with Crippen molar-refractivity contribution in [3.63, 3.8) is 0 Å². The Morgan fingerprint density at radius 2 is 1.87 bits per heavy atom. The highest BCUT2D eigenvalue weighted by molar-refractivity contribution is 5.79. The van der Waals surface area contributed by atoms with Gasteiger partial charge in [-0.15, -0.1) is 0 Å². The standard InChI is InChI=1S/C24H39N3O4/c1-19-4-5-22(23(14-19)31-18-21-8-13-30-17-21)15-27-24(25-2)26-9-3-10-29-16-20-6-11-28-12-7-20/h4-5,14,20-21H,3,6-13,15-18H2,1-2H3,(H2,25,26,27). The monoisotopic (exact) mass is 433 g/mol. The highest BCUT2D eigenvalue weighted by Crippen LogP contribution is 2.22. The molecule has 2 saturated heterocycles. The molecule has 0 bridgehead atoms. The highest BCUT2D eigenvalue weighted by Gasteiger charge is 2.17. The van der Waals surface area contributed by atoms with Crippen molar-refractivity contribution in [1.82, 2.24) is 10.6 Å². The number of guanidine groups is 1. The Morgan fingerprint density at radius 3 is 2.65 bits per heavy atom. The zero-order valence-corrected chi connectivity index (χ0v) is 19.2. The first-order valence-electron chi connectivity index (χ1n) is 11.6. The van der Waals surface area contributed by atoms with Gasteiger partial charge in [-0.1, -0.05) is 12.1 Å². The lowest BCUT2D eigenvalue weighted by molar-refractivity contribution is 0.0203.